The van der Waals surface area contributed by atoms with Crippen LogP contribution in [-0.2, 0) is 9.84 Å². The van der Waals surface area contributed by atoms with Crippen LogP contribution in [-0.4, -0.2) is 19.9 Å². The summed E-state index contributed by atoms with van der Waals surface area (Å²) >= 11 is 0. The van der Waals surface area contributed by atoms with Crippen molar-refractivity contribution in [3.8, 4) is 0 Å². The Kier molecular flexibility index (Phi) is 8.25. The van der Waals surface area contributed by atoms with E-state index in [4.69, 9.17) is 0 Å². The predicted molar refractivity (Wildman–Crippen MR) is 40.3 cm³/mol. The van der Waals surface area contributed by atoms with E-state index in [1.54, 1.807) is 0 Å². The van der Waals surface area contributed by atoms with E-state index in [-0.39, 0.29) is 20.3 Å². The molecule has 0 bridgehead atoms. The first kappa shape index (κ1) is 13.2. The SMILES string of the molecule is CCCS(=O)(=O)CCC.[H-].[Li+]. The first-order valence-electron chi connectivity index (χ1n) is 3.32. The fourth-order valence-corrected chi connectivity index (χ4v) is 2.17. The molecule has 0 saturated carbocycles. The van der Waals surface area contributed by atoms with Crippen LogP contribution in [0.3, 0.4) is 0 Å². The maximum absolute atomic E-state index is 10.8. The molecule has 0 amide bonds. The van der Waals surface area contributed by atoms with Crippen molar-refractivity contribution in [2.45, 2.75) is 26.7 Å². The summed E-state index contributed by atoms with van der Waals surface area (Å²) < 4.78 is 21.7. The van der Waals surface area contributed by atoms with E-state index in [2.05, 4.69) is 0 Å². The van der Waals surface area contributed by atoms with Crippen LogP contribution in [0.15, 0.2) is 0 Å². The number of rotatable bonds is 4. The average Bonchev–Trinajstić information content (AvgIpc) is 1.64. The third-order valence-electron chi connectivity index (χ3n) is 1.03. The van der Waals surface area contributed by atoms with E-state index in [0.29, 0.717) is 11.5 Å². The zero-order valence-electron chi connectivity index (χ0n) is 8.05. The van der Waals surface area contributed by atoms with Gasteiger partial charge in [-0.25, -0.2) is 8.42 Å². The molecule has 0 rings (SSSR count). The van der Waals surface area contributed by atoms with Gasteiger partial charge in [0.25, 0.3) is 0 Å². The van der Waals surface area contributed by atoms with Crippen molar-refractivity contribution in [3.63, 3.8) is 0 Å². The number of hydrogen-bond acceptors (Lipinski definition) is 2. The molecule has 0 aromatic heterocycles. The van der Waals surface area contributed by atoms with Gasteiger partial charge in [0.15, 0.2) is 0 Å². The van der Waals surface area contributed by atoms with Crippen molar-refractivity contribution in [3.05, 3.63) is 0 Å². The Hall–Kier alpha value is 0.547. The van der Waals surface area contributed by atoms with E-state index in [1.807, 2.05) is 13.8 Å². The monoisotopic (exact) mass is 158 g/mol. The number of sulfone groups is 1. The second-order valence-electron chi connectivity index (χ2n) is 2.15. The Bertz CT molecular complexity index is 144. The summed E-state index contributed by atoms with van der Waals surface area (Å²) in [6.45, 7) is 3.76. The Morgan fingerprint density at radius 2 is 1.40 bits per heavy atom. The van der Waals surface area contributed by atoms with Crippen LogP contribution in [0.5, 0.6) is 0 Å². The van der Waals surface area contributed by atoms with E-state index < -0.39 is 9.84 Å². The van der Waals surface area contributed by atoms with Crippen molar-refractivity contribution in [1.82, 2.24) is 0 Å². The van der Waals surface area contributed by atoms with Crippen molar-refractivity contribution in [2.24, 2.45) is 0 Å². The molecule has 0 aliphatic carbocycles. The van der Waals surface area contributed by atoms with Gasteiger partial charge in [-0.3, -0.25) is 0 Å². The Balaban J connectivity index is -0.000000320. The minimum Gasteiger partial charge on any atom is -1.00 e. The van der Waals surface area contributed by atoms with Crippen LogP contribution in [0.4, 0.5) is 0 Å². The summed E-state index contributed by atoms with van der Waals surface area (Å²) in [5.74, 6) is 0.696. The molecule has 0 radical (unpaired) electrons. The quantitative estimate of drug-likeness (QED) is 0.459. The van der Waals surface area contributed by atoms with Gasteiger partial charge in [-0.05, 0) is 12.8 Å². The van der Waals surface area contributed by atoms with Crippen LogP contribution in [0.2, 0.25) is 0 Å². The van der Waals surface area contributed by atoms with Crippen LogP contribution in [0.25, 0.3) is 0 Å². The van der Waals surface area contributed by atoms with E-state index >= 15 is 0 Å². The summed E-state index contributed by atoms with van der Waals surface area (Å²) in [7, 11) is -2.68. The van der Waals surface area contributed by atoms with Crippen molar-refractivity contribution >= 4 is 9.84 Å². The summed E-state index contributed by atoms with van der Waals surface area (Å²) in [6, 6.07) is 0. The summed E-state index contributed by atoms with van der Waals surface area (Å²) in [5, 5.41) is 0. The molecule has 0 unspecified atom stereocenters. The van der Waals surface area contributed by atoms with Gasteiger partial charge in [0, 0.05) is 11.5 Å². The molecule has 0 atom stereocenters. The average molecular weight is 158 g/mol. The molecule has 0 saturated heterocycles. The molecule has 0 heterocycles. The smallest absolute Gasteiger partial charge is 1.00 e. The minimum absolute atomic E-state index is 0. The summed E-state index contributed by atoms with van der Waals surface area (Å²) in [5.41, 5.74) is 0. The maximum atomic E-state index is 10.8. The molecule has 0 aromatic rings. The Morgan fingerprint density at radius 3 is 1.60 bits per heavy atom. The summed E-state index contributed by atoms with van der Waals surface area (Å²) in [4.78, 5) is 0. The number of hydrogen-bond donors (Lipinski definition) is 0. The topological polar surface area (TPSA) is 34.1 Å². The second kappa shape index (κ2) is 6.27. The largest absolute Gasteiger partial charge is 1.00 e. The van der Waals surface area contributed by atoms with Crippen LogP contribution in [0, 0.1) is 0 Å². The van der Waals surface area contributed by atoms with E-state index in [0.717, 1.165) is 12.8 Å². The van der Waals surface area contributed by atoms with Gasteiger partial charge in [-0.1, -0.05) is 13.8 Å². The molecule has 58 valence electrons. The molecule has 0 fully saturated rings. The molecular weight excluding hydrogens is 143 g/mol. The van der Waals surface area contributed by atoms with Gasteiger partial charge in [0.05, 0.1) is 0 Å². The van der Waals surface area contributed by atoms with Gasteiger partial charge in [-0.15, -0.1) is 0 Å². The first-order valence-corrected chi connectivity index (χ1v) is 5.15. The second-order valence-corrected chi connectivity index (χ2v) is 4.46. The maximum Gasteiger partial charge on any atom is 1.00 e. The summed E-state index contributed by atoms with van der Waals surface area (Å²) in [6.07, 6.45) is 1.48. The molecule has 10 heavy (non-hydrogen) atoms. The Labute approximate surface area is 77.0 Å². The van der Waals surface area contributed by atoms with Crippen LogP contribution in [0.1, 0.15) is 28.1 Å². The van der Waals surface area contributed by atoms with Gasteiger partial charge >= 0.3 is 18.9 Å². The Morgan fingerprint density at radius 1 is 1.10 bits per heavy atom. The standard InChI is InChI=1S/C6H14O2S.Li.H/c1-3-5-9(7,8)6-4-2;;/h3-6H2,1-2H3;;/q;+1;-1. The third-order valence-corrected chi connectivity index (χ3v) is 3.09. The molecule has 4 heteroatoms. The van der Waals surface area contributed by atoms with Crippen LogP contribution >= 0.6 is 0 Å². The predicted octanol–water partition coefficient (Wildman–Crippen LogP) is -1.66. The van der Waals surface area contributed by atoms with Crippen molar-refractivity contribution in [2.75, 3.05) is 11.5 Å². The fourth-order valence-electron chi connectivity index (χ4n) is 0.724. The zero-order valence-corrected chi connectivity index (χ0v) is 7.87. The van der Waals surface area contributed by atoms with Gasteiger partial charge in [-0.2, -0.15) is 0 Å². The zero-order chi connectivity index (χ0) is 7.33. The van der Waals surface area contributed by atoms with Gasteiger partial charge < -0.3 is 1.43 Å². The van der Waals surface area contributed by atoms with Gasteiger partial charge in [0.1, 0.15) is 9.84 Å². The van der Waals surface area contributed by atoms with E-state index in [1.165, 1.54) is 0 Å². The molecule has 2 nitrogen and oxygen atoms in total. The first-order chi connectivity index (χ1) is 4.12. The van der Waals surface area contributed by atoms with Crippen molar-refractivity contribution < 1.29 is 28.7 Å². The fraction of sp³-hybridized carbons (Fsp3) is 1.00. The minimum atomic E-state index is -2.68. The molecule has 0 aromatic carbocycles. The third kappa shape index (κ3) is 6.66. The van der Waals surface area contributed by atoms with Crippen LogP contribution < -0.4 is 18.9 Å². The molecule has 0 spiro atoms. The normalized spacial score (nSPS) is 10.6. The molecule has 0 aliphatic rings. The molecular formula is C6H15LiO2S. The molecule has 0 N–H and O–H groups in total. The van der Waals surface area contributed by atoms with Gasteiger partial charge in [0.2, 0.25) is 0 Å². The van der Waals surface area contributed by atoms with E-state index in [9.17, 15) is 8.42 Å². The molecule has 0 aliphatic heterocycles. The van der Waals surface area contributed by atoms with Crippen molar-refractivity contribution in [1.29, 1.82) is 0 Å².